The lowest BCUT2D eigenvalue weighted by atomic mass is 9.99. The Kier molecular flexibility index (Phi) is 3.77. The molecule has 1 aromatic heterocycles. The second-order valence-electron chi connectivity index (χ2n) is 6.11. The Hall–Kier alpha value is -1.37. The summed E-state index contributed by atoms with van der Waals surface area (Å²) in [4.78, 5) is 15.8. The second-order valence-corrected chi connectivity index (χ2v) is 8.34. The van der Waals surface area contributed by atoms with Crippen molar-refractivity contribution in [1.82, 2.24) is 9.55 Å². The Bertz CT molecular complexity index is 650. The van der Waals surface area contributed by atoms with Crippen molar-refractivity contribution in [3.8, 4) is 0 Å². The molecule has 3 heterocycles. The van der Waals surface area contributed by atoms with Crippen molar-refractivity contribution in [2.75, 3.05) is 11.5 Å². The van der Waals surface area contributed by atoms with Gasteiger partial charge in [0.1, 0.15) is 11.9 Å². The fourth-order valence-corrected chi connectivity index (χ4v) is 5.31. The first kappa shape index (κ1) is 14.6. The number of hydrogen-bond acceptors (Lipinski definition) is 4. The second kappa shape index (κ2) is 5.44. The third-order valence-corrected chi connectivity index (χ3v) is 6.38. The van der Waals surface area contributed by atoms with Crippen molar-refractivity contribution in [3.05, 3.63) is 17.7 Å². The maximum Gasteiger partial charge on any atom is 0.326 e. The predicted octanol–water partition coefficient (Wildman–Crippen LogP) is 1.21. The average Bonchev–Trinajstić information content (AvgIpc) is 2.81. The molecule has 1 aromatic rings. The summed E-state index contributed by atoms with van der Waals surface area (Å²) in [6.45, 7) is 0. The largest absolute Gasteiger partial charge is 0.480 e. The molecule has 0 aromatic carbocycles. The van der Waals surface area contributed by atoms with Gasteiger partial charge in [-0.25, -0.2) is 18.2 Å². The number of hydrogen-bond donors (Lipinski definition) is 1. The summed E-state index contributed by atoms with van der Waals surface area (Å²) in [5.74, 6) is 0.450. The van der Waals surface area contributed by atoms with Crippen molar-refractivity contribution in [2.24, 2.45) is 5.92 Å². The van der Waals surface area contributed by atoms with Gasteiger partial charge in [-0.3, -0.25) is 0 Å². The van der Waals surface area contributed by atoms with Crippen LogP contribution in [0.2, 0.25) is 0 Å². The number of aromatic nitrogens is 2. The number of rotatable bonds is 3. The number of carboxylic acid groups (broad SMARTS) is 1. The molecule has 2 aliphatic heterocycles. The van der Waals surface area contributed by atoms with Crippen molar-refractivity contribution >= 4 is 15.8 Å². The molecule has 21 heavy (non-hydrogen) atoms. The lowest BCUT2D eigenvalue weighted by Crippen LogP contribution is -2.30. The molecule has 6 nitrogen and oxygen atoms in total. The Balaban J connectivity index is 1.84. The van der Waals surface area contributed by atoms with E-state index >= 15 is 0 Å². The van der Waals surface area contributed by atoms with Crippen LogP contribution in [0.5, 0.6) is 0 Å². The molecule has 2 atom stereocenters. The minimum absolute atomic E-state index is 0.0617. The highest BCUT2D eigenvalue weighted by atomic mass is 32.2. The van der Waals surface area contributed by atoms with Crippen LogP contribution in [0.15, 0.2) is 6.20 Å². The van der Waals surface area contributed by atoms with Gasteiger partial charge in [-0.15, -0.1) is 0 Å². The molecular weight excluding hydrogens is 292 g/mol. The van der Waals surface area contributed by atoms with E-state index in [0.29, 0.717) is 19.3 Å². The zero-order valence-corrected chi connectivity index (χ0v) is 12.7. The number of carbonyl (C=O) groups is 1. The minimum Gasteiger partial charge on any atom is -0.480 e. The number of imidazole rings is 1. The van der Waals surface area contributed by atoms with Gasteiger partial charge < -0.3 is 9.67 Å². The monoisotopic (exact) mass is 312 g/mol. The molecule has 0 bridgehead atoms. The van der Waals surface area contributed by atoms with Crippen LogP contribution in [0, 0.1) is 5.92 Å². The highest BCUT2D eigenvalue weighted by molar-refractivity contribution is 7.91. The third-order valence-electron chi connectivity index (χ3n) is 4.49. The fraction of sp³-hybridized carbons (Fsp3) is 0.714. The van der Waals surface area contributed by atoms with E-state index < -0.39 is 21.8 Å². The van der Waals surface area contributed by atoms with Crippen LogP contribution in [0.1, 0.15) is 43.2 Å². The number of nitrogens with zero attached hydrogens (tertiary/aromatic N) is 2. The highest BCUT2D eigenvalue weighted by Gasteiger charge is 2.31. The number of carboxylic acids is 1. The molecule has 0 aliphatic carbocycles. The smallest absolute Gasteiger partial charge is 0.326 e. The maximum atomic E-state index is 11.7. The van der Waals surface area contributed by atoms with E-state index in [0.717, 1.165) is 30.8 Å². The van der Waals surface area contributed by atoms with E-state index in [1.54, 1.807) is 6.20 Å². The van der Waals surface area contributed by atoms with E-state index in [9.17, 15) is 18.3 Å². The highest BCUT2D eigenvalue weighted by Crippen LogP contribution is 2.29. The first-order valence-electron chi connectivity index (χ1n) is 7.44. The van der Waals surface area contributed by atoms with Crippen molar-refractivity contribution in [1.29, 1.82) is 0 Å². The van der Waals surface area contributed by atoms with Crippen LogP contribution in [0.4, 0.5) is 0 Å². The molecule has 116 valence electrons. The average molecular weight is 312 g/mol. The van der Waals surface area contributed by atoms with E-state index in [4.69, 9.17) is 0 Å². The summed E-state index contributed by atoms with van der Waals surface area (Å²) in [7, 11) is -2.94. The molecule has 2 unspecified atom stereocenters. The fourth-order valence-electron chi connectivity index (χ4n) is 3.53. The molecule has 0 saturated carbocycles. The summed E-state index contributed by atoms with van der Waals surface area (Å²) in [6, 6.07) is -0.550. The van der Waals surface area contributed by atoms with E-state index in [2.05, 4.69) is 4.98 Å². The van der Waals surface area contributed by atoms with E-state index in [1.165, 1.54) is 0 Å². The molecular formula is C14H20N2O4S. The minimum atomic E-state index is -2.94. The Labute approximate surface area is 124 Å². The van der Waals surface area contributed by atoms with Gasteiger partial charge in [-0.2, -0.15) is 0 Å². The van der Waals surface area contributed by atoms with Crippen LogP contribution in [-0.4, -0.2) is 40.6 Å². The molecule has 0 amide bonds. The molecule has 1 fully saturated rings. The topological polar surface area (TPSA) is 89.3 Å². The van der Waals surface area contributed by atoms with Crippen LogP contribution in [0.3, 0.4) is 0 Å². The van der Waals surface area contributed by atoms with E-state index in [1.807, 2.05) is 4.57 Å². The number of aryl methyl sites for hydroxylation is 1. The Morgan fingerprint density at radius 2 is 2.19 bits per heavy atom. The molecule has 7 heteroatoms. The molecule has 1 saturated heterocycles. The summed E-state index contributed by atoms with van der Waals surface area (Å²) >= 11 is 0. The van der Waals surface area contributed by atoms with Gasteiger partial charge in [0.2, 0.25) is 0 Å². The van der Waals surface area contributed by atoms with Crippen molar-refractivity contribution in [3.63, 3.8) is 0 Å². The number of aliphatic carboxylic acids is 1. The standard InChI is InChI=1S/C14H20N2O4S/c17-14(18)12-5-1-4-11-8-15-13(16(11)12)7-10-3-2-6-21(19,20)9-10/h8,10,12H,1-7,9H2,(H,17,18). The van der Waals surface area contributed by atoms with Crippen LogP contribution in [0.25, 0.3) is 0 Å². The lowest BCUT2D eigenvalue weighted by Gasteiger charge is -2.26. The molecule has 1 N–H and O–H groups in total. The van der Waals surface area contributed by atoms with Gasteiger partial charge in [0.15, 0.2) is 9.84 Å². The Morgan fingerprint density at radius 3 is 2.90 bits per heavy atom. The predicted molar refractivity (Wildman–Crippen MR) is 76.9 cm³/mol. The first-order chi connectivity index (χ1) is 9.96. The third kappa shape index (κ3) is 2.97. The summed E-state index contributed by atoms with van der Waals surface area (Å²) in [5.41, 5.74) is 0.960. The van der Waals surface area contributed by atoms with Gasteiger partial charge in [-0.05, 0) is 38.0 Å². The van der Waals surface area contributed by atoms with E-state index in [-0.39, 0.29) is 17.4 Å². The zero-order chi connectivity index (χ0) is 15.0. The summed E-state index contributed by atoms with van der Waals surface area (Å²) in [6.07, 6.45) is 6.21. The summed E-state index contributed by atoms with van der Waals surface area (Å²) in [5, 5.41) is 9.37. The molecule has 0 radical (unpaired) electrons. The van der Waals surface area contributed by atoms with Crippen molar-refractivity contribution in [2.45, 2.75) is 44.6 Å². The van der Waals surface area contributed by atoms with Gasteiger partial charge in [0.05, 0.1) is 11.5 Å². The lowest BCUT2D eigenvalue weighted by molar-refractivity contribution is -0.141. The molecule has 0 spiro atoms. The zero-order valence-electron chi connectivity index (χ0n) is 11.9. The summed E-state index contributed by atoms with van der Waals surface area (Å²) < 4.78 is 25.3. The quantitative estimate of drug-likeness (QED) is 0.906. The van der Waals surface area contributed by atoms with Gasteiger partial charge in [0.25, 0.3) is 0 Å². The number of fused-ring (bicyclic) bond motifs is 1. The van der Waals surface area contributed by atoms with Crippen LogP contribution in [-0.2, 0) is 27.5 Å². The first-order valence-corrected chi connectivity index (χ1v) is 9.26. The van der Waals surface area contributed by atoms with Crippen molar-refractivity contribution < 1.29 is 18.3 Å². The molecule has 2 aliphatic rings. The van der Waals surface area contributed by atoms with Gasteiger partial charge >= 0.3 is 5.97 Å². The van der Waals surface area contributed by atoms with Gasteiger partial charge in [0, 0.05) is 18.3 Å². The van der Waals surface area contributed by atoms with Crippen LogP contribution >= 0.6 is 0 Å². The van der Waals surface area contributed by atoms with Gasteiger partial charge in [-0.1, -0.05) is 0 Å². The maximum absolute atomic E-state index is 11.7. The SMILES string of the molecule is O=C(O)C1CCCc2cnc(CC3CCCS(=O)(=O)C3)n21. The van der Waals surface area contributed by atoms with Crippen LogP contribution < -0.4 is 0 Å². The molecule has 3 rings (SSSR count). The normalized spacial score (nSPS) is 28.0. The number of sulfone groups is 1. The Morgan fingerprint density at radius 1 is 1.38 bits per heavy atom.